The highest BCUT2D eigenvalue weighted by atomic mass is 32.2. The Morgan fingerprint density at radius 1 is 1.35 bits per heavy atom. The molecule has 0 spiro atoms. The number of carboxylic acid groups (broad SMARTS) is 1. The van der Waals surface area contributed by atoms with Crippen LogP contribution < -0.4 is 0 Å². The Morgan fingerprint density at radius 3 is 2.24 bits per heavy atom. The van der Waals surface area contributed by atoms with Gasteiger partial charge in [-0.3, -0.25) is 4.79 Å². The van der Waals surface area contributed by atoms with Crippen LogP contribution in [0.5, 0.6) is 0 Å². The number of sulfonamides is 1. The largest absolute Gasteiger partial charge is 0.481 e. The molecular weight excluding hydrogens is 244 g/mol. The lowest BCUT2D eigenvalue weighted by molar-refractivity contribution is -0.136. The Labute approximate surface area is 103 Å². The lowest BCUT2D eigenvalue weighted by atomic mass is 10.3. The summed E-state index contributed by atoms with van der Waals surface area (Å²) in [6.45, 7) is 4.55. The summed E-state index contributed by atoms with van der Waals surface area (Å²) >= 11 is 0. The molecule has 17 heavy (non-hydrogen) atoms. The molecule has 6 nitrogen and oxygen atoms in total. The molecule has 102 valence electrons. The average Bonchev–Trinajstić information content (AvgIpc) is 2.14. The third-order valence-corrected chi connectivity index (χ3v) is 4.42. The summed E-state index contributed by atoms with van der Waals surface area (Å²) in [5, 5.41) is 8.52. The third kappa shape index (κ3) is 5.99. The number of carboxylic acids is 1. The van der Waals surface area contributed by atoms with E-state index >= 15 is 0 Å². The van der Waals surface area contributed by atoms with Gasteiger partial charge < -0.3 is 10.0 Å². The van der Waals surface area contributed by atoms with E-state index in [0.29, 0.717) is 13.1 Å². The van der Waals surface area contributed by atoms with Gasteiger partial charge in [-0.05, 0) is 21.0 Å². The normalized spacial score (nSPS) is 14.2. The van der Waals surface area contributed by atoms with E-state index in [1.54, 1.807) is 6.92 Å². The Balaban J connectivity index is 4.67. The van der Waals surface area contributed by atoms with Crippen molar-refractivity contribution in [2.24, 2.45) is 0 Å². The standard InChI is InChI=1S/C10H22N2O4S/c1-5-12(9(2)8-11(3)4)17(15,16)7-6-10(13)14/h9H,5-8H2,1-4H3,(H,13,14). The third-order valence-electron chi connectivity index (χ3n) is 2.36. The minimum absolute atomic E-state index is 0.159. The first-order chi connectivity index (χ1) is 7.70. The maximum atomic E-state index is 11.9. The van der Waals surface area contributed by atoms with Crippen molar-refractivity contribution < 1.29 is 18.3 Å². The zero-order chi connectivity index (χ0) is 13.6. The van der Waals surface area contributed by atoms with Crippen LogP contribution in [0.2, 0.25) is 0 Å². The lowest BCUT2D eigenvalue weighted by Crippen LogP contribution is -2.44. The fourth-order valence-corrected chi connectivity index (χ4v) is 3.41. The van der Waals surface area contributed by atoms with Crippen LogP contribution in [0.4, 0.5) is 0 Å². The number of hydrogen-bond donors (Lipinski definition) is 1. The van der Waals surface area contributed by atoms with E-state index < -0.39 is 16.0 Å². The first kappa shape index (κ1) is 16.3. The van der Waals surface area contributed by atoms with E-state index in [4.69, 9.17) is 5.11 Å². The van der Waals surface area contributed by atoms with Gasteiger partial charge in [0.2, 0.25) is 10.0 Å². The van der Waals surface area contributed by atoms with Crippen LogP contribution in [0.25, 0.3) is 0 Å². The van der Waals surface area contributed by atoms with E-state index in [2.05, 4.69) is 0 Å². The van der Waals surface area contributed by atoms with E-state index in [1.807, 2.05) is 25.9 Å². The summed E-state index contributed by atoms with van der Waals surface area (Å²) in [6.07, 6.45) is -0.354. The first-order valence-electron chi connectivity index (χ1n) is 5.56. The second kappa shape index (κ2) is 6.93. The molecule has 0 bridgehead atoms. The van der Waals surface area contributed by atoms with Crippen LogP contribution in [0.15, 0.2) is 0 Å². The van der Waals surface area contributed by atoms with E-state index in [9.17, 15) is 13.2 Å². The van der Waals surface area contributed by atoms with Crippen molar-refractivity contribution in [1.82, 2.24) is 9.21 Å². The average molecular weight is 266 g/mol. The molecule has 1 unspecified atom stereocenters. The molecule has 0 saturated heterocycles. The summed E-state index contributed by atoms with van der Waals surface area (Å²) in [7, 11) is 0.252. The number of carbonyl (C=O) groups is 1. The molecule has 0 saturated carbocycles. The van der Waals surface area contributed by atoms with Gasteiger partial charge in [0.25, 0.3) is 0 Å². The van der Waals surface area contributed by atoms with Gasteiger partial charge in [-0.1, -0.05) is 6.92 Å². The van der Waals surface area contributed by atoms with E-state index in [0.717, 1.165) is 0 Å². The second-order valence-electron chi connectivity index (χ2n) is 4.27. The van der Waals surface area contributed by atoms with Crippen LogP contribution in [0.1, 0.15) is 20.3 Å². The van der Waals surface area contributed by atoms with Crippen molar-refractivity contribution in [3.05, 3.63) is 0 Å². The minimum atomic E-state index is -3.49. The molecule has 7 heteroatoms. The predicted molar refractivity (Wildman–Crippen MR) is 66.4 cm³/mol. The van der Waals surface area contributed by atoms with Gasteiger partial charge in [0.1, 0.15) is 0 Å². The quantitative estimate of drug-likeness (QED) is 0.672. The predicted octanol–water partition coefficient (Wildman–Crippen LogP) is 0.0629. The summed E-state index contributed by atoms with van der Waals surface area (Å²) < 4.78 is 25.2. The smallest absolute Gasteiger partial charge is 0.304 e. The van der Waals surface area contributed by atoms with Gasteiger partial charge in [0.15, 0.2) is 0 Å². The summed E-state index contributed by atoms with van der Waals surface area (Å²) in [5.74, 6) is -1.43. The number of nitrogens with zero attached hydrogens (tertiary/aromatic N) is 2. The van der Waals surface area contributed by atoms with Crippen molar-refractivity contribution in [3.63, 3.8) is 0 Å². The molecule has 1 atom stereocenters. The number of aliphatic carboxylic acids is 1. The molecule has 0 aromatic heterocycles. The van der Waals surface area contributed by atoms with Gasteiger partial charge in [0.05, 0.1) is 12.2 Å². The van der Waals surface area contributed by atoms with Gasteiger partial charge in [0, 0.05) is 19.1 Å². The molecule has 0 fully saturated rings. The maximum absolute atomic E-state index is 11.9. The molecule has 0 aliphatic rings. The zero-order valence-corrected chi connectivity index (χ0v) is 11.7. The summed E-state index contributed by atoms with van der Waals surface area (Å²) in [6, 6.07) is -0.159. The highest BCUT2D eigenvalue weighted by Gasteiger charge is 2.26. The minimum Gasteiger partial charge on any atom is -0.481 e. The van der Waals surface area contributed by atoms with Crippen molar-refractivity contribution in [3.8, 4) is 0 Å². The molecule has 0 amide bonds. The van der Waals surface area contributed by atoms with Crippen molar-refractivity contribution in [1.29, 1.82) is 0 Å². The fraction of sp³-hybridized carbons (Fsp3) is 0.900. The van der Waals surface area contributed by atoms with Crippen LogP contribution in [0.3, 0.4) is 0 Å². The highest BCUT2D eigenvalue weighted by molar-refractivity contribution is 7.89. The van der Waals surface area contributed by atoms with Crippen LogP contribution in [0, 0.1) is 0 Å². The second-order valence-corrected chi connectivity index (χ2v) is 6.32. The summed E-state index contributed by atoms with van der Waals surface area (Å²) in [5.41, 5.74) is 0. The first-order valence-corrected chi connectivity index (χ1v) is 7.17. The SMILES string of the molecule is CCN(C(C)CN(C)C)S(=O)(=O)CCC(=O)O. The lowest BCUT2D eigenvalue weighted by Gasteiger charge is -2.29. The molecule has 0 aromatic carbocycles. The van der Waals surface area contributed by atoms with Gasteiger partial charge >= 0.3 is 5.97 Å². The van der Waals surface area contributed by atoms with Gasteiger partial charge in [-0.25, -0.2) is 8.42 Å². The molecule has 0 aliphatic carbocycles. The molecule has 0 aromatic rings. The Hall–Kier alpha value is -0.660. The van der Waals surface area contributed by atoms with E-state index in [1.165, 1.54) is 4.31 Å². The van der Waals surface area contributed by atoms with Crippen LogP contribution in [-0.2, 0) is 14.8 Å². The van der Waals surface area contributed by atoms with Gasteiger partial charge in [-0.15, -0.1) is 0 Å². The molecule has 0 rings (SSSR count). The molecule has 0 aliphatic heterocycles. The molecular formula is C10H22N2O4S. The van der Waals surface area contributed by atoms with Crippen LogP contribution >= 0.6 is 0 Å². The molecule has 0 radical (unpaired) electrons. The monoisotopic (exact) mass is 266 g/mol. The topological polar surface area (TPSA) is 77.9 Å². The number of rotatable bonds is 8. The number of hydrogen-bond acceptors (Lipinski definition) is 4. The molecule has 0 heterocycles. The van der Waals surface area contributed by atoms with Gasteiger partial charge in [-0.2, -0.15) is 4.31 Å². The maximum Gasteiger partial charge on any atom is 0.304 e. The molecule has 1 N–H and O–H groups in total. The summed E-state index contributed by atoms with van der Waals surface area (Å²) in [4.78, 5) is 12.3. The fourth-order valence-electron chi connectivity index (χ4n) is 1.74. The van der Waals surface area contributed by atoms with Crippen molar-refractivity contribution in [2.75, 3.05) is 32.9 Å². The Morgan fingerprint density at radius 2 is 1.88 bits per heavy atom. The van der Waals surface area contributed by atoms with Crippen molar-refractivity contribution >= 4 is 16.0 Å². The van der Waals surface area contributed by atoms with E-state index in [-0.39, 0.29) is 18.2 Å². The van der Waals surface area contributed by atoms with Crippen molar-refractivity contribution in [2.45, 2.75) is 26.3 Å². The Kier molecular flexibility index (Phi) is 6.66. The van der Waals surface area contributed by atoms with Crippen LogP contribution in [-0.4, -0.2) is 67.7 Å². The zero-order valence-electron chi connectivity index (χ0n) is 10.9. The highest BCUT2D eigenvalue weighted by Crippen LogP contribution is 2.09. The Bertz CT molecular complexity index is 340. The number of likely N-dealkylation sites (N-methyl/N-ethyl adjacent to an activating group) is 2.